The molecule has 3 aromatic heterocycles. The second-order valence-electron chi connectivity index (χ2n) is 12.4. The smallest absolute Gasteiger partial charge is 0.139 e. The lowest BCUT2D eigenvalue weighted by atomic mass is 9.98. The van der Waals surface area contributed by atoms with Gasteiger partial charge in [0.15, 0.2) is 0 Å². The predicted octanol–water partition coefficient (Wildman–Crippen LogP) is 13.3. The quantitative estimate of drug-likeness (QED) is 0.187. The van der Waals surface area contributed by atoms with E-state index in [0.717, 1.165) is 50.3 Å². The fourth-order valence-electron chi connectivity index (χ4n) is 7.13. The Labute approximate surface area is 286 Å². The first kappa shape index (κ1) is 27.8. The van der Waals surface area contributed by atoms with Crippen molar-refractivity contribution in [3.63, 3.8) is 0 Å². The van der Waals surface area contributed by atoms with E-state index in [0.29, 0.717) is 0 Å². The maximum Gasteiger partial charge on any atom is 0.139 e. The third-order valence-electron chi connectivity index (χ3n) is 9.53. The number of thiophene rings is 1. The Hall–Kier alpha value is -6.23. The van der Waals surface area contributed by atoms with Gasteiger partial charge in [-0.2, -0.15) is 0 Å². The van der Waals surface area contributed by atoms with Crippen LogP contribution in [0.5, 0.6) is 0 Å². The van der Waals surface area contributed by atoms with Gasteiger partial charge in [0, 0.05) is 65.8 Å². The minimum Gasteiger partial charge on any atom is -0.456 e. The molecule has 0 N–H and O–H groups in total. The van der Waals surface area contributed by atoms with Crippen LogP contribution in [0.2, 0.25) is 0 Å². The van der Waals surface area contributed by atoms with Crippen molar-refractivity contribution in [3.05, 3.63) is 170 Å². The molecule has 0 saturated carbocycles. The maximum absolute atomic E-state index is 6.17. The van der Waals surface area contributed by atoms with Crippen molar-refractivity contribution in [2.45, 2.75) is 0 Å². The highest BCUT2D eigenvalue weighted by Crippen LogP contribution is 2.42. The normalized spacial score (nSPS) is 11.7. The predicted molar refractivity (Wildman–Crippen MR) is 207 cm³/mol. The van der Waals surface area contributed by atoms with Crippen molar-refractivity contribution < 1.29 is 4.42 Å². The third kappa shape index (κ3) is 4.68. The fourth-order valence-corrected chi connectivity index (χ4v) is 8.27. The summed E-state index contributed by atoms with van der Waals surface area (Å²) in [6.45, 7) is 0. The molecule has 4 heteroatoms. The van der Waals surface area contributed by atoms with E-state index in [2.05, 4.69) is 144 Å². The molecule has 0 aliphatic rings. The number of benzene rings is 7. The summed E-state index contributed by atoms with van der Waals surface area (Å²) < 4.78 is 8.75. The number of furan rings is 1. The number of para-hydroxylation sites is 1. The van der Waals surface area contributed by atoms with E-state index in [-0.39, 0.29) is 0 Å². The molecule has 0 amide bonds. The van der Waals surface area contributed by atoms with Crippen LogP contribution >= 0.6 is 11.3 Å². The molecular formula is C45H28N2OS. The molecule has 0 spiro atoms. The van der Waals surface area contributed by atoms with Crippen LogP contribution in [0.15, 0.2) is 174 Å². The average molecular weight is 645 g/mol. The minimum atomic E-state index is 0.847. The van der Waals surface area contributed by atoms with E-state index < -0.39 is 0 Å². The molecule has 0 aliphatic heterocycles. The summed E-state index contributed by atoms with van der Waals surface area (Å²) in [4.78, 5) is 7.18. The number of pyridine rings is 1. The Morgan fingerprint density at radius 2 is 1.10 bits per heavy atom. The van der Waals surface area contributed by atoms with Crippen LogP contribution in [0.4, 0.5) is 17.1 Å². The van der Waals surface area contributed by atoms with Gasteiger partial charge in [0.1, 0.15) is 11.2 Å². The molecule has 3 nitrogen and oxygen atoms in total. The molecule has 0 saturated heterocycles. The van der Waals surface area contributed by atoms with Gasteiger partial charge >= 0.3 is 0 Å². The number of nitrogens with zero attached hydrogens (tertiary/aromatic N) is 2. The lowest BCUT2D eigenvalue weighted by molar-refractivity contribution is 0.668. The first-order valence-electron chi connectivity index (χ1n) is 16.4. The monoisotopic (exact) mass is 644 g/mol. The molecular weight excluding hydrogens is 617 g/mol. The number of anilines is 3. The summed E-state index contributed by atoms with van der Waals surface area (Å²) in [5.74, 6) is 0. The van der Waals surface area contributed by atoms with Crippen LogP contribution in [-0.4, -0.2) is 4.98 Å². The van der Waals surface area contributed by atoms with E-state index in [1.165, 1.54) is 42.1 Å². The second kappa shape index (κ2) is 11.2. The highest BCUT2D eigenvalue weighted by atomic mass is 32.1. The van der Waals surface area contributed by atoms with Crippen LogP contribution in [0.25, 0.3) is 75.3 Å². The second-order valence-corrected chi connectivity index (χ2v) is 13.5. The molecule has 49 heavy (non-hydrogen) atoms. The summed E-state index contributed by atoms with van der Waals surface area (Å²) in [5, 5.41) is 7.22. The van der Waals surface area contributed by atoms with E-state index in [1.54, 1.807) is 0 Å². The van der Waals surface area contributed by atoms with Crippen LogP contribution in [0, 0.1) is 0 Å². The number of hydrogen-bond donors (Lipinski definition) is 0. The van der Waals surface area contributed by atoms with Crippen molar-refractivity contribution in [2.24, 2.45) is 0 Å². The van der Waals surface area contributed by atoms with Gasteiger partial charge in [0.05, 0.1) is 5.69 Å². The SMILES string of the molecule is c1ccc2c(-c3ccc(N(c4ccc(-c5cc6oc7ccccc7c6cn5)cc4)c4ccc5c(c4)sc4ccccc45)cc3)cccc2c1. The summed E-state index contributed by atoms with van der Waals surface area (Å²) >= 11 is 1.84. The van der Waals surface area contributed by atoms with Gasteiger partial charge in [-0.3, -0.25) is 4.98 Å². The van der Waals surface area contributed by atoms with Crippen molar-refractivity contribution in [3.8, 4) is 22.4 Å². The molecule has 3 heterocycles. The van der Waals surface area contributed by atoms with Crippen LogP contribution in [0.1, 0.15) is 0 Å². The van der Waals surface area contributed by atoms with Crippen LogP contribution in [-0.2, 0) is 0 Å². The lowest BCUT2D eigenvalue weighted by Crippen LogP contribution is -2.09. The highest BCUT2D eigenvalue weighted by Gasteiger charge is 2.16. The first-order valence-corrected chi connectivity index (χ1v) is 17.3. The van der Waals surface area contributed by atoms with E-state index in [9.17, 15) is 0 Å². The summed E-state index contributed by atoms with van der Waals surface area (Å²) in [5.41, 5.74) is 9.37. The Morgan fingerprint density at radius 1 is 0.449 bits per heavy atom. The van der Waals surface area contributed by atoms with E-state index in [1.807, 2.05) is 41.8 Å². The minimum absolute atomic E-state index is 0.847. The van der Waals surface area contributed by atoms with Gasteiger partial charge in [0.25, 0.3) is 0 Å². The van der Waals surface area contributed by atoms with Gasteiger partial charge in [0.2, 0.25) is 0 Å². The number of rotatable bonds is 5. The van der Waals surface area contributed by atoms with Gasteiger partial charge in [-0.25, -0.2) is 0 Å². The third-order valence-corrected chi connectivity index (χ3v) is 10.7. The van der Waals surface area contributed by atoms with Gasteiger partial charge in [-0.1, -0.05) is 109 Å². The highest BCUT2D eigenvalue weighted by molar-refractivity contribution is 7.25. The van der Waals surface area contributed by atoms with Gasteiger partial charge < -0.3 is 9.32 Å². The fraction of sp³-hybridized carbons (Fsp3) is 0. The summed E-state index contributed by atoms with van der Waals surface area (Å²) in [6.07, 6.45) is 1.93. The molecule has 10 rings (SSSR count). The maximum atomic E-state index is 6.17. The Morgan fingerprint density at radius 3 is 1.94 bits per heavy atom. The summed E-state index contributed by atoms with van der Waals surface area (Å²) in [6, 6.07) is 58.4. The Bertz CT molecular complexity index is 2820. The molecule has 7 aromatic carbocycles. The molecule has 10 aromatic rings. The standard InChI is InChI=1S/C45H28N2OS/c1-2-10-35-29(8-1)9-7-13-36(35)30-16-20-32(21-17-30)47(34-24-25-39-38-12-4-6-15-44(38)49-45(39)26-34)33-22-18-31(19-23-33)41-27-43-40(28-46-41)37-11-3-5-14-42(37)48-43/h1-28H. The van der Waals surface area contributed by atoms with Gasteiger partial charge in [-0.15, -0.1) is 11.3 Å². The van der Waals surface area contributed by atoms with Crippen molar-refractivity contribution in [1.29, 1.82) is 0 Å². The lowest BCUT2D eigenvalue weighted by Gasteiger charge is -2.26. The van der Waals surface area contributed by atoms with E-state index >= 15 is 0 Å². The zero-order valence-corrected chi connectivity index (χ0v) is 27.2. The molecule has 0 radical (unpaired) electrons. The van der Waals surface area contributed by atoms with E-state index in [4.69, 9.17) is 9.40 Å². The zero-order chi connectivity index (χ0) is 32.3. The van der Waals surface area contributed by atoms with Crippen molar-refractivity contribution >= 4 is 81.3 Å². The topological polar surface area (TPSA) is 29.3 Å². The zero-order valence-electron chi connectivity index (χ0n) is 26.4. The molecule has 0 atom stereocenters. The first-order chi connectivity index (χ1) is 24.3. The number of hydrogen-bond acceptors (Lipinski definition) is 4. The van der Waals surface area contributed by atoms with Gasteiger partial charge in [-0.05, 0) is 70.4 Å². The molecule has 0 unspecified atom stereocenters. The molecule has 230 valence electrons. The Kier molecular flexibility index (Phi) is 6.36. The average Bonchev–Trinajstić information content (AvgIpc) is 3.73. The Balaban J connectivity index is 1.07. The largest absolute Gasteiger partial charge is 0.456 e. The van der Waals surface area contributed by atoms with Crippen molar-refractivity contribution in [2.75, 3.05) is 4.90 Å². The van der Waals surface area contributed by atoms with Crippen molar-refractivity contribution in [1.82, 2.24) is 4.98 Å². The number of fused-ring (bicyclic) bond motifs is 7. The molecule has 0 bridgehead atoms. The summed E-state index contributed by atoms with van der Waals surface area (Å²) in [7, 11) is 0. The van der Waals surface area contributed by atoms with Crippen LogP contribution < -0.4 is 4.90 Å². The molecule has 0 fully saturated rings. The molecule has 0 aliphatic carbocycles. The number of aromatic nitrogens is 1. The van der Waals surface area contributed by atoms with Crippen LogP contribution in [0.3, 0.4) is 0 Å².